The maximum atomic E-state index is 13.4. The van der Waals surface area contributed by atoms with Crippen LogP contribution in [0.3, 0.4) is 0 Å². The maximum absolute atomic E-state index is 13.4. The third kappa shape index (κ3) is 2.98. The number of hydrogen-bond acceptors (Lipinski definition) is 3. The van der Waals surface area contributed by atoms with Crippen molar-refractivity contribution in [3.05, 3.63) is 101 Å². The SMILES string of the molecule is O=C(/C=C/c1ccc(F)cc1)[N+]1(c2ccccc2)C(=O)NC=C1c1cccs1. The fraction of sp³-hybridized carbons (Fsp3) is 0. The second kappa shape index (κ2) is 7.34. The Labute approximate surface area is 165 Å². The Hall–Kier alpha value is -3.35. The van der Waals surface area contributed by atoms with Crippen molar-refractivity contribution in [2.45, 2.75) is 0 Å². The van der Waals surface area contributed by atoms with Crippen LogP contribution < -0.4 is 9.80 Å². The number of hydrogen-bond donors (Lipinski definition) is 1. The molecule has 0 bridgehead atoms. The molecule has 2 aromatic carbocycles. The molecule has 138 valence electrons. The largest absolute Gasteiger partial charge is 0.438 e. The molecule has 1 aliphatic heterocycles. The Morgan fingerprint density at radius 3 is 2.43 bits per heavy atom. The van der Waals surface area contributed by atoms with Crippen molar-refractivity contribution in [3.63, 3.8) is 0 Å². The first kappa shape index (κ1) is 18.0. The molecule has 0 aliphatic carbocycles. The fourth-order valence-corrected chi connectivity index (χ4v) is 3.98. The minimum absolute atomic E-state index is 0.349. The Morgan fingerprint density at radius 2 is 1.75 bits per heavy atom. The van der Waals surface area contributed by atoms with E-state index in [0.29, 0.717) is 16.9 Å². The van der Waals surface area contributed by atoms with E-state index in [-0.39, 0.29) is 5.82 Å². The zero-order valence-electron chi connectivity index (χ0n) is 14.7. The molecule has 0 saturated heterocycles. The summed E-state index contributed by atoms with van der Waals surface area (Å²) < 4.78 is 12.5. The molecule has 0 spiro atoms. The predicted octanol–water partition coefficient (Wildman–Crippen LogP) is 5.16. The highest BCUT2D eigenvalue weighted by atomic mass is 32.1. The normalized spacial score (nSPS) is 18.9. The first-order valence-corrected chi connectivity index (χ1v) is 9.49. The number of imide groups is 1. The number of quaternary nitrogens is 1. The molecule has 0 saturated carbocycles. The van der Waals surface area contributed by atoms with E-state index in [4.69, 9.17) is 0 Å². The third-order valence-electron chi connectivity index (χ3n) is 4.53. The van der Waals surface area contributed by atoms with Gasteiger partial charge in [0.1, 0.15) is 5.82 Å². The Bertz CT molecular complexity index is 1070. The van der Waals surface area contributed by atoms with E-state index < -0.39 is 16.4 Å². The minimum Gasteiger partial charge on any atom is -0.275 e. The van der Waals surface area contributed by atoms with Crippen LogP contribution in [0.25, 0.3) is 11.8 Å². The van der Waals surface area contributed by atoms with Gasteiger partial charge in [-0.05, 0) is 35.2 Å². The minimum atomic E-state index is -0.584. The second-order valence-electron chi connectivity index (χ2n) is 6.19. The summed E-state index contributed by atoms with van der Waals surface area (Å²) in [6.07, 6.45) is 4.54. The lowest BCUT2D eigenvalue weighted by molar-refractivity contribution is -0.120. The lowest BCUT2D eigenvalue weighted by atomic mass is 10.1. The molecule has 1 N–H and O–H groups in total. The quantitative estimate of drug-likeness (QED) is 0.493. The van der Waals surface area contributed by atoms with Crippen molar-refractivity contribution < 1.29 is 14.0 Å². The molecule has 28 heavy (non-hydrogen) atoms. The van der Waals surface area contributed by atoms with Gasteiger partial charge in [0.15, 0.2) is 11.4 Å². The molecule has 6 heteroatoms. The van der Waals surface area contributed by atoms with Crippen molar-refractivity contribution in [1.29, 1.82) is 0 Å². The van der Waals surface area contributed by atoms with Gasteiger partial charge >= 0.3 is 11.9 Å². The van der Waals surface area contributed by atoms with E-state index in [1.807, 2.05) is 23.6 Å². The van der Waals surface area contributed by atoms with Crippen LogP contribution in [0.1, 0.15) is 10.4 Å². The molecule has 4 nitrogen and oxygen atoms in total. The van der Waals surface area contributed by atoms with Gasteiger partial charge in [-0.1, -0.05) is 36.4 Å². The fourth-order valence-electron chi connectivity index (χ4n) is 3.20. The summed E-state index contributed by atoms with van der Waals surface area (Å²) in [4.78, 5) is 27.3. The second-order valence-corrected chi connectivity index (χ2v) is 7.13. The predicted molar refractivity (Wildman–Crippen MR) is 110 cm³/mol. The lowest BCUT2D eigenvalue weighted by Gasteiger charge is -2.27. The summed E-state index contributed by atoms with van der Waals surface area (Å²) in [7, 11) is 0. The standard InChI is InChI=1S/C22H15FN2O2S/c23-17-11-8-16(9-12-17)10-13-21(26)25(18-5-2-1-3-6-18)19(15-24-22(25)27)20-7-4-14-28-20/h1-15H/p+1/b13-10+. The Balaban J connectivity index is 1.82. The topological polar surface area (TPSA) is 46.2 Å². The smallest absolute Gasteiger partial charge is 0.275 e. The molecular formula is C22H16FN2O2S+. The van der Waals surface area contributed by atoms with Crippen LogP contribution in [0.4, 0.5) is 14.9 Å². The highest BCUT2D eigenvalue weighted by molar-refractivity contribution is 7.11. The van der Waals surface area contributed by atoms with Gasteiger partial charge in [0.2, 0.25) is 0 Å². The molecule has 1 unspecified atom stereocenters. The molecule has 3 aromatic rings. The number of nitrogens with one attached hydrogen (secondary N) is 1. The van der Waals surface area contributed by atoms with Crippen molar-refractivity contribution in [1.82, 2.24) is 9.80 Å². The van der Waals surface area contributed by atoms with E-state index in [1.165, 1.54) is 29.5 Å². The molecule has 3 amide bonds. The number of nitrogens with zero attached hydrogens (tertiary/aromatic N) is 1. The zero-order valence-corrected chi connectivity index (χ0v) is 15.5. The van der Waals surface area contributed by atoms with Gasteiger partial charge < -0.3 is 0 Å². The number of amides is 3. The summed E-state index contributed by atoms with van der Waals surface area (Å²) in [6, 6.07) is 18.1. The van der Waals surface area contributed by atoms with Crippen LogP contribution in [-0.4, -0.2) is 11.9 Å². The van der Waals surface area contributed by atoms with Crippen LogP contribution in [0.15, 0.2) is 84.4 Å². The maximum Gasteiger partial charge on any atom is 0.438 e. The van der Waals surface area contributed by atoms with E-state index in [0.717, 1.165) is 4.88 Å². The summed E-state index contributed by atoms with van der Waals surface area (Å²) in [5.74, 6) is -0.761. The summed E-state index contributed by atoms with van der Waals surface area (Å²) >= 11 is 1.46. The molecule has 0 radical (unpaired) electrons. The molecule has 0 fully saturated rings. The monoisotopic (exact) mass is 391 g/mol. The van der Waals surface area contributed by atoms with Crippen molar-refractivity contribution in [2.24, 2.45) is 0 Å². The number of urea groups is 1. The van der Waals surface area contributed by atoms with Gasteiger partial charge in [0.25, 0.3) is 0 Å². The van der Waals surface area contributed by atoms with E-state index in [2.05, 4.69) is 5.32 Å². The van der Waals surface area contributed by atoms with E-state index >= 15 is 0 Å². The third-order valence-corrected chi connectivity index (χ3v) is 5.43. The average Bonchev–Trinajstić information content (AvgIpc) is 3.36. The highest BCUT2D eigenvalue weighted by Gasteiger charge is 2.54. The number of halogens is 1. The van der Waals surface area contributed by atoms with Gasteiger partial charge in [-0.2, -0.15) is 0 Å². The van der Waals surface area contributed by atoms with Crippen LogP contribution in [0, 0.1) is 5.82 Å². The van der Waals surface area contributed by atoms with Gasteiger partial charge in [-0.15, -0.1) is 15.8 Å². The Morgan fingerprint density at radius 1 is 1.00 bits per heavy atom. The van der Waals surface area contributed by atoms with Gasteiger partial charge in [0, 0.05) is 18.2 Å². The highest BCUT2D eigenvalue weighted by Crippen LogP contribution is 2.40. The zero-order chi connectivity index (χ0) is 19.6. The summed E-state index contributed by atoms with van der Waals surface area (Å²) in [6.45, 7) is 0. The number of carbonyl (C=O) groups excluding carboxylic acids is 2. The first-order chi connectivity index (χ1) is 13.6. The molecular weight excluding hydrogens is 375 g/mol. The van der Waals surface area contributed by atoms with E-state index in [1.54, 1.807) is 48.7 Å². The molecule has 2 heterocycles. The molecule has 1 aromatic heterocycles. The number of rotatable bonds is 4. The van der Waals surface area contributed by atoms with Crippen LogP contribution in [0.2, 0.25) is 0 Å². The molecule has 1 aliphatic rings. The van der Waals surface area contributed by atoms with E-state index in [9.17, 15) is 14.0 Å². The van der Waals surface area contributed by atoms with Crippen LogP contribution >= 0.6 is 11.3 Å². The number of carbonyl (C=O) groups is 2. The summed E-state index contributed by atoms with van der Waals surface area (Å²) in [5, 5.41) is 4.61. The number of benzene rings is 2. The summed E-state index contributed by atoms with van der Waals surface area (Å²) in [5.41, 5.74) is 1.79. The first-order valence-electron chi connectivity index (χ1n) is 8.61. The van der Waals surface area contributed by atoms with Gasteiger partial charge in [0.05, 0.1) is 11.1 Å². The van der Waals surface area contributed by atoms with Crippen molar-refractivity contribution in [3.8, 4) is 0 Å². The average molecular weight is 391 g/mol. The lowest BCUT2D eigenvalue weighted by Crippen LogP contribution is -2.55. The van der Waals surface area contributed by atoms with Gasteiger partial charge in [-0.25, -0.2) is 14.0 Å². The van der Waals surface area contributed by atoms with Gasteiger partial charge in [-0.3, -0.25) is 5.32 Å². The Kier molecular flexibility index (Phi) is 4.73. The molecule has 1 atom stereocenters. The van der Waals surface area contributed by atoms with Crippen LogP contribution in [-0.2, 0) is 4.79 Å². The molecule has 4 rings (SSSR count). The number of thiophene rings is 1. The van der Waals surface area contributed by atoms with Crippen LogP contribution in [0.5, 0.6) is 0 Å². The number of para-hydroxylation sites is 1. The van der Waals surface area contributed by atoms with Crippen molar-refractivity contribution in [2.75, 3.05) is 0 Å². The van der Waals surface area contributed by atoms with Crippen molar-refractivity contribution >= 4 is 40.7 Å².